The molecule has 27 heavy (non-hydrogen) atoms. The zero-order valence-corrected chi connectivity index (χ0v) is 14.9. The van der Waals surface area contributed by atoms with Gasteiger partial charge in [-0.1, -0.05) is 29.8 Å². The molecule has 3 rings (SSSR count). The van der Waals surface area contributed by atoms with Gasteiger partial charge >= 0.3 is 5.69 Å². The highest BCUT2D eigenvalue weighted by Crippen LogP contribution is 2.35. The number of para-hydroxylation sites is 1. The monoisotopic (exact) mass is 386 g/mol. The second-order valence-electron chi connectivity index (χ2n) is 5.26. The summed E-state index contributed by atoms with van der Waals surface area (Å²) in [5.41, 5.74) is 6.42. The van der Waals surface area contributed by atoms with Crippen LogP contribution in [0.2, 0.25) is 5.02 Å². The Morgan fingerprint density at radius 3 is 2.52 bits per heavy atom. The first kappa shape index (κ1) is 18.2. The molecule has 1 aromatic heterocycles. The summed E-state index contributed by atoms with van der Waals surface area (Å²) in [5, 5.41) is 15.0. The fourth-order valence-corrected chi connectivity index (χ4v) is 2.47. The highest BCUT2D eigenvalue weighted by molar-refractivity contribution is 6.31. The number of hydrazine groups is 1. The molecule has 3 N–H and O–H groups in total. The van der Waals surface area contributed by atoms with Crippen LogP contribution in [0.5, 0.6) is 5.75 Å². The van der Waals surface area contributed by atoms with Crippen molar-refractivity contribution in [2.45, 2.75) is 0 Å². The molecule has 138 valence electrons. The normalized spacial score (nSPS) is 10.1. The van der Waals surface area contributed by atoms with Gasteiger partial charge < -0.3 is 10.1 Å². The number of nitro groups is 1. The second kappa shape index (κ2) is 8.19. The predicted molar refractivity (Wildman–Crippen MR) is 104 cm³/mol. The van der Waals surface area contributed by atoms with Gasteiger partial charge in [-0.25, -0.2) is 9.97 Å². The van der Waals surface area contributed by atoms with E-state index in [0.29, 0.717) is 16.5 Å². The molecule has 0 atom stereocenters. The van der Waals surface area contributed by atoms with Crippen LogP contribution in [0.4, 0.5) is 28.7 Å². The van der Waals surface area contributed by atoms with E-state index in [9.17, 15) is 10.1 Å². The van der Waals surface area contributed by atoms with Crippen LogP contribution in [0.1, 0.15) is 0 Å². The third-order valence-corrected chi connectivity index (χ3v) is 3.75. The molecule has 9 nitrogen and oxygen atoms in total. The van der Waals surface area contributed by atoms with E-state index in [2.05, 4.69) is 26.1 Å². The van der Waals surface area contributed by atoms with Gasteiger partial charge in [0.05, 0.1) is 23.4 Å². The minimum Gasteiger partial charge on any atom is -0.495 e. The number of ether oxygens (including phenoxy) is 1. The Bertz CT molecular complexity index is 955. The second-order valence-corrected chi connectivity index (χ2v) is 5.70. The molecule has 0 amide bonds. The fourth-order valence-electron chi connectivity index (χ4n) is 2.29. The molecular formula is C17H15ClN6O3. The van der Waals surface area contributed by atoms with Crippen LogP contribution < -0.4 is 20.9 Å². The number of benzene rings is 2. The number of aromatic nitrogens is 2. The highest BCUT2D eigenvalue weighted by atomic mass is 35.5. The lowest BCUT2D eigenvalue weighted by Crippen LogP contribution is -2.13. The van der Waals surface area contributed by atoms with Crippen molar-refractivity contribution in [3.63, 3.8) is 0 Å². The van der Waals surface area contributed by atoms with Gasteiger partial charge in [-0.2, -0.15) is 0 Å². The molecule has 0 unspecified atom stereocenters. The zero-order valence-electron chi connectivity index (χ0n) is 14.1. The number of hydrogen-bond donors (Lipinski definition) is 3. The molecule has 0 aliphatic carbocycles. The Balaban J connectivity index is 1.92. The summed E-state index contributed by atoms with van der Waals surface area (Å²) < 4.78 is 5.25. The van der Waals surface area contributed by atoms with Gasteiger partial charge in [0.25, 0.3) is 0 Å². The average Bonchev–Trinajstić information content (AvgIpc) is 2.67. The van der Waals surface area contributed by atoms with E-state index in [-0.39, 0.29) is 17.3 Å². The Kier molecular flexibility index (Phi) is 5.53. The van der Waals surface area contributed by atoms with Gasteiger partial charge in [0.15, 0.2) is 0 Å². The van der Waals surface area contributed by atoms with Crippen molar-refractivity contribution in [3.05, 3.63) is 70.0 Å². The van der Waals surface area contributed by atoms with E-state index in [1.807, 2.05) is 18.2 Å². The van der Waals surface area contributed by atoms with Crippen molar-refractivity contribution < 1.29 is 9.66 Å². The quantitative estimate of drug-likeness (QED) is 0.408. The summed E-state index contributed by atoms with van der Waals surface area (Å²) in [5.74, 6) is 0.458. The molecule has 10 heteroatoms. The lowest BCUT2D eigenvalue weighted by Gasteiger charge is -2.13. The minimum atomic E-state index is -0.575. The van der Waals surface area contributed by atoms with Crippen molar-refractivity contribution in [1.82, 2.24) is 9.97 Å². The molecular weight excluding hydrogens is 372 g/mol. The van der Waals surface area contributed by atoms with E-state index in [0.717, 1.165) is 5.69 Å². The molecule has 0 saturated heterocycles. The minimum absolute atomic E-state index is 0.00217. The average molecular weight is 387 g/mol. The van der Waals surface area contributed by atoms with Crippen molar-refractivity contribution in [2.75, 3.05) is 23.3 Å². The van der Waals surface area contributed by atoms with Crippen molar-refractivity contribution in [2.24, 2.45) is 0 Å². The van der Waals surface area contributed by atoms with Gasteiger partial charge in [0.2, 0.25) is 11.6 Å². The third kappa shape index (κ3) is 4.33. The molecule has 0 fully saturated rings. The summed E-state index contributed by atoms with van der Waals surface area (Å²) in [7, 11) is 1.49. The van der Waals surface area contributed by atoms with Crippen molar-refractivity contribution >= 4 is 40.3 Å². The standard InChI is InChI=1S/C17H15ClN6O3/c1-27-14-8-7-11(18)9-13(14)21-16-15(24(25)26)17(20-10-19-16)23-22-12-5-3-2-4-6-12/h2-10,22H,1H3,(H2,19,20,21,23). The molecule has 0 saturated carbocycles. The topological polar surface area (TPSA) is 114 Å². The highest BCUT2D eigenvalue weighted by Gasteiger charge is 2.24. The van der Waals surface area contributed by atoms with Crippen molar-refractivity contribution in [3.8, 4) is 5.75 Å². The maximum absolute atomic E-state index is 11.6. The Labute approximate surface area is 159 Å². The number of hydrogen-bond acceptors (Lipinski definition) is 8. The van der Waals surface area contributed by atoms with Gasteiger partial charge in [-0.15, -0.1) is 0 Å². The molecule has 0 spiro atoms. The third-order valence-electron chi connectivity index (χ3n) is 3.52. The van der Waals surface area contributed by atoms with Crippen LogP contribution in [0.3, 0.4) is 0 Å². The summed E-state index contributed by atoms with van der Waals surface area (Å²) >= 11 is 6.01. The summed E-state index contributed by atoms with van der Waals surface area (Å²) in [6, 6.07) is 14.0. The van der Waals surface area contributed by atoms with Gasteiger partial charge in [0.1, 0.15) is 12.1 Å². The molecule has 1 heterocycles. The van der Waals surface area contributed by atoms with Gasteiger partial charge in [0, 0.05) is 5.02 Å². The van der Waals surface area contributed by atoms with E-state index in [1.54, 1.807) is 30.3 Å². The lowest BCUT2D eigenvalue weighted by molar-refractivity contribution is -0.383. The maximum atomic E-state index is 11.6. The van der Waals surface area contributed by atoms with Gasteiger partial charge in [-0.3, -0.25) is 21.0 Å². The number of anilines is 4. The molecule has 3 aromatic rings. The molecule has 0 radical (unpaired) electrons. The SMILES string of the molecule is COc1ccc(Cl)cc1Nc1ncnc(NNc2ccccc2)c1[N+](=O)[O-]. The zero-order chi connectivity index (χ0) is 19.2. The van der Waals surface area contributed by atoms with E-state index in [4.69, 9.17) is 16.3 Å². The Morgan fingerprint density at radius 1 is 1.07 bits per heavy atom. The number of nitrogens with zero attached hydrogens (tertiary/aromatic N) is 3. The van der Waals surface area contributed by atoms with Crippen LogP contribution in [0.25, 0.3) is 0 Å². The Hall–Kier alpha value is -3.59. The molecule has 0 aliphatic heterocycles. The van der Waals surface area contributed by atoms with E-state index >= 15 is 0 Å². The van der Waals surface area contributed by atoms with E-state index < -0.39 is 4.92 Å². The van der Waals surface area contributed by atoms with Crippen molar-refractivity contribution in [1.29, 1.82) is 0 Å². The van der Waals surface area contributed by atoms with Gasteiger partial charge in [-0.05, 0) is 30.3 Å². The van der Waals surface area contributed by atoms with Crippen LogP contribution in [-0.4, -0.2) is 22.0 Å². The Morgan fingerprint density at radius 2 is 1.81 bits per heavy atom. The van der Waals surface area contributed by atoms with Crippen LogP contribution in [0, 0.1) is 10.1 Å². The number of halogens is 1. The summed E-state index contributed by atoms with van der Waals surface area (Å²) in [6.45, 7) is 0. The fraction of sp³-hybridized carbons (Fsp3) is 0.0588. The lowest BCUT2D eigenvalue weighted by atomic mass is 10.3. The maximum Gasteiger partial charge on any atom is 0.355 e. The van der Waals surface area contributed by atoms with E-state index in [1.165, 1.54) is 13.4 Å². The first-order valence-corrected chi connectivity index (χ1v) is 8.13. The number of methoxy groups -OCH3 is 1. The number of rotatable bonds is 7. The first-order chi connectivity index (χ1) is 13.1. The first-order valence-electron chi connectivity index (χ1n) is 7.75. The number of nitrogens with one attached hydrogen (secondary N) is 3. The predicted octanol–water partition coefficient (Wildman–Crippen LogP) is 4.23. The summed E-state index contributed by atoms with van der Waals surface area (Å²) in [6.07, 6.45) is 1.21. The van der Waals surface area contributed by atoms with Crippen LogP contribution >= 0.6 is 11.6 Å². The molecule has 0 bridgehead atoms. The summed E-state index contributed by atoms with van der Waals surface area (Å²) in [4.78, 5) is 19.0. The van der Waals surface area contributed by atoms with Crippen LogP contribution in [-0.2, 0) is 0 Å². The smallest absolute Gasteiger partial charge is 0.355 e. The molecule has 2 aromatic carbocycles. The largest absolute Gasteiger partial charge is 0.495 e. The van der Waals surface area contributed by atoms with Crippen LogP contribution in [0.15, 0.2) is 54.9 Å². The molecule has 0 aliphatic rings.